The molecule has 2 N–H and O–H groups in total. The Kier molecular flexibility index (Phi) is 5.79. The van der Waals surface area contributed by atoms with E-state index in [0.29, 0.717) is 29.4 Å². The normalized spacial score (nSPS) is 10.4. The van der Waals surface area contributed by atoms with Crippen molar-refractivity contribution in [1.82, 2.24) is 15.3 Å². The zero-order valence-corrected chi connectivity index (χ0v) is 16.1. The minimum absolute atomic E-state index is 0.0111. The van der Waals surface area contributed by atoms with Crippen molar-refractivity contribution in [2.45, 2.75) is 27.3 Å². The molecule has 0 spiro atoms. The van der Waals surface area contributed by atoms with Gasteiger partial charge in [-0.15, -0.1) is 0 Å². The number of rotatable bonds is 6. The number of ketones is 1. The van der Waals surface area contributed by atoms with Gasteiger partial charge in [-0.1, -0.05) is 24.3 Å². The first-order valence-corrected chi connectivity index (χ1v) is 8.99. The molecular formula is C22H22N4O2. The second kappa shape index (κ2) is 8.43. The van der Waals surface area contributed by atoms with Gasteiger partial charge in [0.1, 0.15) is 17.3 Å². The second-order valence-corrected chi connectivity index (χ2v) is 6.55. The van der Waals surface area contributed by atoms with Gasteiger partial charge in [0.2, 0.25) is 0 Å². The SMILES string of the molecule is CC(=O)c1ccc(Nc2cc(C(=O)NCc3ccccc3C)nc(C)n2)cc1. The molecule has 6 heteroatoms. The van der Waals surface area contributed by atoms with Gasteiger partial charge in [-0.2, -0.15) is 0 Å². The predicted octanol–water partition coefficient (Wildman–Crippen LogP) is 3.97. The van der Waals surface area contributed by atoms with Crippen LogP contribution in [0.5, 0.6) is 0 Å². The number of aromatic nitrogens is 2. The fraction of sp³-hybridized carbons (Fsp3) is 0.182. The Hall–Kier alpha value is -3.54. The molecule has 0 atom stereocenters. The molecule has 1 amide bonds. The molecule has 0 fully saturated rings. The van der Waals surface area contributed by atoms with E-state index in [9.17, 15) is 9.59 Å². The summed E-state index contributed by atoms with van der Waals surface area (Å²) in [6.45, 7) is 5.71. The highest BCUT2D eigenvalue weighted by molar-refractivity contribution is 5.94. The Balaban J connectivity index is 1.72. The first-order valence-electron chi connectivity index (χ1n) is 8.99. The molecule has 0 aliphatic heterocycles. The van der Waals surface area contributed by atoms with Gasteiger partial charge in [-0.05, 0) is 56.2 Å². The summed E-state index contributed by atoms with van der Waals surface area (Å²) in [6, 6.07) is 16.6. The van der Waals surface area contributed by atoms with Crippen molar-refractivity contribution < 1.29 is 9.59 Å². The standard InChI is InChI=1S/C22H22N4O2/c1-14-6-4-5-7-18(14)13-23-22(28)20-12-21(25-16(3)24-20)26-19-10-8-17(9-11-19)15(2)27/h4-12H,13H2,1-3H3,(H,23,28)(H,24,25,26). The van der Waals surface area contributed by atoms with Crippen LogP contribution in [0.4, 0.5) is 11.5 Å². The maximum Gasteiger partial charge on any atom is 0.270 e. The molecule has 0 aliphatic rings. The van der Waals surface area contributed by atoms with Crippen molar-refractivity contribution in [1.29, 1.82) is 0 Å². The molecule has 1 heterocycles. The highest BCUT2D eigenvalue weighted by atomic mass is 16.1. The number of amides is 1. The van der Waals surface area contributed by atoms with Crippen LogP contribution in [0.1, 0.15) is 44.7 Å². The third-order valence-corrected chi connectivity index (χ3v) is 4.34. The lowest BCUT2D eigenvalue weighted by molar-refractivity contribution is 0.0944. The van der Waals surface area contributed by atoms with Gasteiger partial charge in [0.15, 0.2) is 5.78 Å². The molecule has 0 radical (unpaired) electrons. The van der Waals surface area contributed by atoms with Gasteiger partial charge in [0.25, 0.3) is 5.91 Å². The molecular weight excluding hydrogens is 352 g/mol. The molecule has 0 bridgehead atoms. The summed E-state index contributed by atoms with van der Waals surface area (Å²) in [6.07, 6.45) is 0. The summed E-state index contributed by atoms with van der Waals surface area (Å²) in [7, 11) is 0. The fourth-order valence-electron chi connectivity index (χ4n) is 2.76. The molecule has 28 heavy (non-hydrogen) atoms. The van der Waals surface area contributed by atoms with Crippen molar-refractivity contribution in [2.75, 3.05) is 5.32 Å². The molecule has 3 aromatic rings. The van der Waals surface area contributed by atoms with E-state index in [0.717, 1.165) is 16.8 Å². The van der Waals surface area contributed by atoms with Crippen molar-refractivity contribution in [2.24, 2.45) is 0 Å². The van der Waals surface area contributed by atoms with E-state index in [4.69, 9.17) is 0 Å². The molecule has 3 rings (SSSR count). The number of hydrogen-bond donors (Lipinski definition) is 2. The van der Waals surface area contributed by atoms with Crippen LogP contribution in [-0.2, 0) is 6.54 Å². The van der Waals surface area contributed by atoms with Crippen molar-refractivity contribution in [3.05, 3.63) is 82.8 Å². The van der Waals surface area contributed by atoms with Crippen LogP contribution in [-0.4, -0.2) is 21.7 Å². The maximum absolute atomic E-state index is 12.5. The first-order chi connectivity index (χ1) is 13.4. The van der Waals surface area contributed by atoms with E-state index < -0.39 is 0 Å². The Bertz CT molecular complexity index is 1010. The summed E-state index contributed by atoms with van der Waals surface area (Å²) < 4.78 is 0. The van der Waals surface area contributed by atoms with Crippen LogP contribution in [0.25, 0.3) is 0 Å². The maximum atomic E-state index is 12.5. The van der Waals surface area contributed by atoms with E-state index in [1.165, 1.54) is 6.92 Å². The van der Waals surface area contributed by atoms with Gasteiger partial charge >= 0.3 is 0 Å². The van der Waals surface area contributed by atoms with Crippen LogP contribution < -0.4 is 10.6 Å². The van der Waals surface area contributed by atoms with Crippen molar-refractivity contribution in [3.63, 3.8) is 0 Å². The minimum atomic E-state index is -0.260. The number of hydrogen-bond acceptors (Lipinski definition) is 5. The molecule has 1 aromatic heterocycles. The number of aryl methyl sites for hydroxylation is 2. The first kappa shape index (κ1) is 19.2. The fourth-order valence-corrected chi connectivity index (χ4v) is 2.76. The van der Waals surface area contributed by atoms with Gasteiger partial charge in [0, 0.05) is 23.9 Å². The van der Waals surface area contributed by atoms with Crippen LogP contribution in [0.3, 0.4) is 0 Å². The number of carbonyl (C=O) groups is 2. The third kappa shape index (κ3) is 4.79. The molecule has 2 aromatic carbocycles. The highest BCUT2D eigenvalue weighted by Gasteiger charge is 2.11. The summed E-state index contributed by atoms with van der Waals surface area (Å²) in [4.78, 5) is 32.5. The van der Waals surface area contributed by atoms with Crippen molar-refractivity contribution >= 4 is 23.2 Å². The van der Waals surface area contributed by atoms with E-state index >= 15 is 0 Å². The monoisotopic (exact) mass is 374 g/mol. The average molecular weight is 374 g/mol. The Morgan fingerprint density at radius 3 is 2.36 bits per heavy atom. The van der Waals surface area contributed by atoms with E-state index in [1.807, 2.05) is 31.2 Å². The number of nitrogens with one attached hydrogen (secondary N) is 2. The number of nitrogens with zero attached hydrogens (tertiary/aromatic N) is 2. The number of benzene rings is 2. The van der Waals surface area contributed by atoms with Gasteiger partial charge in [0.05, 0.1) is 0 Å². The zero-order chi connectivity index (χ0) is 20.1. The molecule has 0 aliphatic carbocycles. The van der Waals surface area contributed by atoms with Gasteiger partial charge < -0.3 is 10.6 Å². The molecule has 6 nitrogen and oxygen atoms in total. The summed E-state index contributed by atoms with van der Waals surface area (Å²) in [5.41, 5.74) is 3.89. The van der Waals surface area contributed by atoms with Crippen molar-refractivity contribution in [3.8, 4) is 0 Å². The average Bonchev–Trinajstić information content (AvgIpc) is 2.67. The molecule has 0 saturated carbocycles. The van der Waals surface area contributed by atoms with Crippen LogP contribution in [0.2, 0.25) is 0 Å². The lowest BCUT2D eigenvalue weighted by Crippen LogP contribution is -2.24. The quantitative estimate of drug-likeness (QED) is 0.638. The number of carbonyl (C=O) groups excluding carboxylic acids is 2. The van der Waals surface area contributed by atoms with Gasteiger partial charge in [-0.25, -0.2) is 9.97 Å². The lowest BCUT2D eigenvalue weighted by Gasteiger charge is -2.10. The Morgan fingerprint density at radius 2 is 1.68 bits per heavy atom. The lowest BCUT2D eigenvalue weighted by atomic mass is 10.1. The van der Waals surface area contributed by atoms with Gasteiger partial charge in [-0.3, -0.25) is 9.59 Å². The third-order valence-electron chi connectivity index (χ3n) is 4.34. The van der Waals surface area contributed by atoms with Crippen LogP contribution >= 0.6 is 0 Å². The minimum Gasteiger partial charge on any atom is -0.347 e. The van der Waals surface area contributed by atoms with E-state index in [-0.39, 0.29) is 11.7 Å². The molecule has 142 valence electrons. The zero-order valence-electron chi connectivity index (χ0n) is 16.1. The topological polar surface area (TPSA) is 84.0 Å². The van der Waals surface area contributed by atoms with Crippen LogP contribution in [0, 0.1) is 13.8 Å². The summed E-state index contributed by atoms with van der Waals surface area (Å²) in [5, 5.41) is 6.05. The Morgan fingerprint density at radius 1 is 0.964 bits per heavy atom. The highest BCUT2D eigenvalue weighted by Crippen LogP contribution is 2.17. The predicted molar refractivity (Wildman–Crippen MR) is 109 cm³/mol. The Labute approximate surface area is 164 Å². The number of anilines is 2. The van der Waals surface area contributed by atoms with E-state index in [1.54, 1.807) is 37.3 Å². The second-order valence-electron chi connectivity index (χ2n) is 6.55. The number of Topliss-reactive ketones (excluding diaryl/α,β-unsaturated/α-hetero) is 1. The summed E-state index contributed by atoms with van der Waals surface area (Å²) >= 11 is 0. The van der Waals surface area contributed by atoms with Crippen LogP contribution in [0.15, 0.2) is 54.6 Å². The molecule has 0 unspecified atom stereocenters. The largest absolute Gasteiger partial charge is 0.347 e. The smallest absolute Gasteiger partial charge is 0.270 e. The molecule has 0 saturated heterocycles. The summed E-state index contributed by atoms with van der Waals surface area (Å²) in [5.74, 6) is 0.760. The van der Waals surface area contributed by atoms with E-state index in [2.05, 4.69) is 20.6 Å².